The van der Waals surface area contributed by atoms with Crippen LogP contribution in [0.1, 0.15) is 73.1 Å². The van der Waals surface area contributed by atoms with Crippen molar-refractivity contribution in [3.8, 4) is 10.6 Å². The third kappa shape index (κ3) is 6.21. The maximum Gasteiger partial charge on any atom is 0.278 e. The van der Waals surface area contributed by atoms with Gasteiger partial charge < -0.3 is 24.2 Å². The van der Waals surface area contributed by atoms with E-state index in [4.69, 9.17) is 25.6 Å². The summed E-state index contributed by atoms with van der Waals surface area (Å²) in [5.74, 6) is -0.0857. The van der Waals surface area contributed by atoms with E-state index >= 15 is 0 Å². The standard InChI is InChI=1S/C28H37ClN6O5S/c1-17(2)33-12-9-18(10-13-33)30-26(36)21-15-20(27(37)35-25(38-4)8-11-28(35,3)39-5)31-34(21)16-19-14-22(40-32-19)23-6-7-24(29)41-23/h6-7,14-15,17-18,25H,8-13,16H2,1-5H3,(H,30,36). The van der Waals surface area contributed by atoms with Crippen molar-refractivity contribution in [2.24, 2.45) is 0 Å². The van der Waals surface area contributed by atoms with Gasteiger partial charge in [0.05, 0.1) is 15.8 Å². The number of carbonyl (C=O) groups is 2. The van der Waals surface area contributed by atoms with Gasteiger partial charge in [-0.2, -0.15) is 5.10 Å². The Morgan fingerprint density at radius 1 is 1.22 bits per heavy atom. The molecule has 2 unspecified atom stereocenters. The number of carbonyl (C=O) groups excluding carboxylic acids is 2. The molecule has 41 heavy (non-hydrogen) atoms. The first-order valence-corrected chi connectivity index (χ1v) is 15.1. The lowest BCUT2D eigenvalue weighted by Gasteiger charge is -2.36. The molecular formula is C28H37ClN6O5S. The molecule has 2 saturated heterocycles. The van der Waals surface area contributed by atoms with Gasteiger partial charge in [-0.1, -0.05) is 16.8 Å². The Balaban J connectivity index is 1.42. The highest BCUT2D eigenvalue weighted by Gasteiger charge is 2.47. The molecule has 5 rings (SSSR count). The number of thiophene rings is 1. The summed E-state index contributed by atoms with van der Waals surface area (Å²) in [7, 11) is 3.14. The van der Waals surface area contributed by atoms with Crippen LogP contribution in [-0.2, 0) is 16.0 Å². The molecule has 0 spiro atoms. The highest BCUT2D eigenvalue weighted by Crippen LogP contribution is 2.36. The first-order chi connectivity index (χ1) is 19.6. The Hall–Kier alpha value is -2.77. The largest absolute Gasteiger partial charge is 0.361 e. The molecule has 3 aromatic heterocycles. The molecule has 0 aliphatic carbocycles. The number of halogens is 1. The van der Waals surface area contributed by atoms with E-state index in [1.165, 1.54) is 16.0 Å². The quantitative estimate of drug-likeness (QED) is 0.380. The lowest BCUT2D eigenvalue weighted by Crippen LogP contribution is -2.50. The van der Waals surface area contributed by atoms with Gasteiger partial charge in [0.2, 0.25) is 0 Å². The molecule has 3 aromatic rings. The minimum Gasteiger partial charge on any atom is -0.361 e. The average molecular weight is 605 g/mol. The van der Waals surface area contributed by atoms with Crippen molar-refractivity contribution >= 4 is 34.8 Å². The van der Waals surface area contributed by atoms with E-state index in [1.807, 2.05) is 13.0 Å². The van der Waals surface area contributed by atoms with Crippen molar-refractivity contribution in [3.05, 3.63) is 45.7 Å². The van der Waals surface area contributed by atoms with Crippen LogP contribution in [-0.4, -0.2) is 87.9 Å². The molecule has 13 heteroatoms. The highest BCUT2D eigenvalue weighted by molar-refractivity contribution is 7.19. The number of hydrogen-bond donors (Lipinski definition) is 1. The van der Waals surface area contributed by atoms with Gasteiger partial charge in [0.25, 0.3) is 11.8 Å². The minimum absolute atomic E-state index is 0.0375. The van der Waals surface area contributed by atoms with E-state index in [0.717, 1.165) is 30.8 Å². The van der Waals surface area contributed by atoms with E-state index in [0.29, 0.717) is 34.7 Å². The Morgan fingerprint density at radius 2 is 1.98 bits per heavy atom. The molecule has 11 nitrogen and oxygen atoms in total. The van der Waals surface area contributed by atoms with Crippen LogP contribution in [0.2, 0.25) is 4.34 Å². The SMILES string of the molecule is COC1CCC(C)(OC)N1C(=O)c1cc(C(=O)NC2CCN(C(C)C)CC2)n(Cc2cc(-c3ccc(Cl)s3)on2)n1. The summed E-state index contributed by atoms with van der Waals surface area (Å²) in [5.41, 5.74) is 0.113. The number of hydrogen-bond acceptors (Lipinski definition) is 9. The van der Waals surface area contributed by atoms with Crippen LogP contribution in [0, 0.1) is 0 Å². The monoisotopic (exact) mass is 604 g/mol. The second kappa shape index (κ2) is 12.2. The van der Waals surface area contributed by atoms with Crippen LogP contribution < -0.4 is 5.32 Å². The maximum absolute atomic E-state index is 13.8. The Bertz CT molecular complexity index is 1380. The molecule has 2 fully saturated rings. The summed E-state index contributed by atoms with van der Waals surface area (Å²) in [6, 6.07) is 7.50. The van der Waals surface area contributed by atoms with Crippen LogP contribution in [0.5, 0.6) is 0 Å². The van der Waals surface area contributed by atoms with Crippen molar-refractivity contribution in [1.82, 2.24) is 30.1 Å². The second-order valence-electron chi connectivity index (χ2n) is 11.0. The summed E-state index contributed by atoms with van der Waals surface area (Å²) in [6.45, 7) is 8.19. The fourth-order valence-electron chi connectivity index (χ4n) is 5.58. The zero-order valence-electron chi connectivity index (χ0n) is 24.1. The van der Waals surface area contributed by atoms with Crippen LogP contribution in [0.15, 0.2) is 28.8 Å². The number of amides is 2. The molecule has 0 aromatic carbocycles. The zero-order valence-corrected chi connectivity index (χ0v) is 25.6. The van der Waals surface area contributed by atoms with E-state index < -0.39 is 12.0 Å². The number of methoxy groups -OCH3 is 2. The van der Waals surface area contributed by atoms with Gasteiger partial charge >= 0.3 is 0 Å². The predicted molar refractivity (Wildman–Crippen MR) is 155 cm³/mol. The highest BCUT2D eigenvalue weighted by atomic mass is 35.5. The molecule has 2 aliphatic rings. The number of likely N-dealkylation sites (tertiary alicyclic amines) is 2. The van der Waals surface area contributed by atoms with Crippen LogP contribution in [0.25, 0.3) is 10.6 Å². The molecule has 2 atom stereocenters. The molecule has 0 saturated carbocycles. The number of piperidine rings is 1. The summed E-state index contributed by atoms with van der Waals surface area (Å²) >= 11 is 7.47. The number of aromatic nitrogens is 3. The summed E-state index contributed by atoms with van der Waals surface area (Å²) < 4.78 is 19.0. The number of ether oxygens (including phenoxy) is 2. The van der Waals surface area contributed by atoms with Gasteiger partial charge in [0.15, 0.2) is 11.5 Å². The smallest absolute Gasteiger partial charge is 0.278 e. The first kappa shape index (κ1) is 29.7. The van der Waals surface area contributed by atoms with Gasteiger partial charge in [-0.25, -0.2) is 0 Å². The van der Waals surface area contributed by atoms with Gasteiger partial charge in [0, 0.05) is 51.5 Å². The predicted octanol–water partition coefficient (Wildman–Crippen LogP) is 4.48. The normalized spacial score (nSPS) is 22.1. The molecule has 0 radical (unpaired) electrons. The third-order valence-electron chi connectivity index (χ3n) is 8.10. The van der Waals surface area contributed by atoms with Gasteiger partial charge in [0.1, 0.15) is 23.3 Å². The first-order valence-electron chi connectivity index (χ1n) is 13.9. The lowest BCUT2D eigenvalue weighted by atomic mass is 10.0. The Morgan fingerprint density at radius 3 is 2.61 bits per heavy atom. The van der Waals surface area contributed by atoms with Crippen molar-refractivity contribution in [3.63, 3.8) is 0 Å². The summed E-state index contributed by atoms with van der Waals surface area (Å²) in [5, 5.41) is 12.0. The van der Waals surface area contributed by atoms with Gasteiger partial charge in [-0.15, -0.1) is 11.3 Å². The van der Waals surface area contributed by atoms with Crippen molar-refractivity contribution in [1.29, 1.82) is 0 Å². The molecule has 0 bridgehead atoms. The van der Waals surface area contributed by atoms with E-state index in [-0.39, 0.29) is 35.8 Å². The van der Waals surface area contributed by atoms with Gasteiger partial charge in [-0.3, -0.25) is 19.2 Å². The average Bonchev–Trinajstić information content (AvgIpc) is 3.75. The second-order valence-corrected chi connectivity index (χ2v) is 12.7. The zero-order chi connectivity index (χ0) is 29.3. The summed E-state index contributed by atoms with van der Waals surface area (Å²) in [4.78, 5) is 32.2. The molecule has 2 aliphatic heterocycles. The minimum atomic E-state index is -0.850. The van der Waals surface area contributed by atoms with Crippen molar-refractivity contribution < 1.29 is 23.6 Å². The van der Waals surface area contributed by atoms with Gasteiger partial charge in [-0.05, 0) is 58.6 Å². The third-order valence-corrected chi connectivity index (χ3v) is 9.34. The maximum atomic E-state index is 13.8. The van der Waals surface area contributed by atoms with Crippen molar-refractivity contribution in [2.45, 2.75) is 77.0 Å². The van der Waals surface area contributed by atoms with E-state index in [9.17, 15) is 9.59 Å². The van der Waals surface area contributed by atoms with E-state index in [1.54, 1.807) is 37.3 Å². The number of rotatable bonds is 9. The van der Waals surface area contributed by atoms with Crippen LogP contribution >= 0.6 is 22.9 Å². The molecule has 222 valence electrons. The topological polar surface area (TPSA) is 115 Å². The molecule has 1 N–H and O–H groups in total. The number of nitrogens with one attached hydrogen (secondary N) is 1. The summed E-state index contributed by atoms with van der Waals surface area (Å²) in [6.07, 6.45) is 2.50. The Labute approximate surface area is 248 Å². The lowest BCUT2D eigenvalue weighted by molar-refractivity contribution is -0.126. The van der Waals surface area contributed by atoms with Crippen molar-refractivity contribution in [2.75, 3.05) is 27.3 Å². The van der Waals surface area contributed by atoms with Crippen LogP contribution in [0.3, 0.4) is 0 Å². The Kier molecular flexibility index (Phi) is 8.86. The van der Waals surface area contributed by atoms with Crippen LogP contribution in [0.4, 0.5) is 0 Å². The van der Waals surface area contributed by atoms with E-state index in [2.05, 4.69) is 34.3 Å². The number of nitrogens with zero attached hydrogens (tertiary/aromatic N) is 5. The fraction of sp³-hybridized carbons (Fsp3) is 0.571. The molecule has 2 amide bonds. The molecule has 5 heterocycles. The molecular weight excluding hydrogens is 568 g/mol. The fourth-order valence-corrected chi connectivity index (χ4v) is 6.58.